The molecule has 1 aliphatic heterocycles. The highest BCUT2D eigenvalue weighted by atomic mass is 31.2. The van der Waals surface area contributed by atoms with Gasteiger partial charge in [-0.05, 0) is 12.1 Å². The number of nitrogens with zero attached hydrogens (tertiary/aromatic N) is 4. The van der Waals surface area contributed by atoms with Crippen LogP contribution in [0.15, 0.2) is 48.4 Å². The van der Waals surface area contributed by atoms with Crippen LogP contribution in [-0.2, 0) is 13.8 Å². The van der Waals surface area contributed by atoms with Crippen LogP contribution in [0.4, 0.5) is 11.5 Å². The first-order valence-corrected chi connectivity index (χ1v) is 9.96. The summed E-state index contributed by atoms with van der Waals surface area (Å²) in [5.74, 6) is -0.573. The van der Waals surface area contributed by atoms with Crippen molar-refractivity contribution in [1.29, 1.82) is 0 Å². The number of hydrogen-bond acceptors (Lipinski definition) is 10. The maximum Gasteiger partial charge on any atom is 0.470 e. The maximum atomic E-state index is 10.9. The fourth-order valence-corrected chi connectivity index (χ4v) is 3.17. The average Bonchev–Trinajstić information content (AvgIpc) is 3.22. The van der Waals surface area contributed by atoms with Gasteiger partial charge in [-0.2, -0.15) is 0 Å². The van der Waals surface area contributed by atoms with Crippen LogP contribution in [0.2, 0.25) is 0 Å². The minimum Gasteiger partial charge on any atom is -0.508 e. The van der Waals surface area contributed by atoms with Gasteiger partial charge in [-0.1, -0.05) is 6.07 Å². The van der Waals surface area contributed by atoms with E-state index in [1.807, 2.05) is 0 Å². The predicted octanol–water partition coefficient (Wildman–Crippen LogP) is 1.04. The lowest BCUT2D eigenvalue weighted by atomic mass is 10.2. The fourth-order valence-electron chi connectivity index (χ4n) is 2.88. The van der Waals surface area contributed by atoms with Crippen LogP contribution in [0.25, 0.3) is 11.2 Å². The Morgan fingerprint density at radius 3 is 2.77 bits per heavy atom. The van der Waals surface area contributed by atoms with Crippen LogP contribution in [0, 0.1) is 0 Å². The number of aromatic hydroxyl groups is 1. The van der Waals surface area contributed by atoms with Gasteiger partial charge in [-0.15, -0.1) is 0 Å². The third kappa shape index (κ3) is 3.92. The van der Waals surface area contributed by atoms with Gasteiger partial charge in [0.15, 0.2) is 34.6 Å². The van der Waals surface area contributed by atoms with Crippen LogP contribution in [0.1, 0.15) is 6.23 Å². The van der Waals surface area contributed by atoms with Crippen LogP contribution < -0.4 is 5.32 Å². The second-order valence-electron chi connectivity index (χ2n) is 6.25. The minimum atomic E-state index is -4.80. The maximum absolute atomic E-state index is 10.9. The van der Waals surface area contributed by atoms with E-state index < -0.39 is 32.5 Å². The van der Waals surface area contributed by atoms with Crippen molar-refractivity contribution in [2.45, 2.75) is 12.3 Å². The van der Waals surface area contributed by atoms with Gasteiger partial charge in [0.2, 0.25) is 6.23 Å². The van der Waals surface area contributed by atoms with Gasteiger partial charge in [-0.3, -0.25) is 9.09 Å². The highest BCUT2D eigenvalue weighted by Gasteiger charge is 2.39. The number of hydrogen-bond donors (Lipinski definition) is 6. The van der Waals surface area contributed by atoms with E-state index in [0.717, 1.165) is 0 Å². The molecule has 0 fully saturated rings. The summed E-state index contributed by atoms with van der Waals surface area (Å²) >= 11 is 0. The van der Waals surface area contributed by atoms with E-state index >= 15 is 0 Å². The Morgan fingerprint density at radius 2 is 2.03 bits per heavy atom. The largest absolute Gasteiger partial charge is 0.508 e. The van der Waals surface area contributed by atoms with Crippen molar-refractivity contribution >= 4 is 30.5 Å². The fraction of sp³-hybridized carbons (Fsp3) is 0.188. The van der Waals surface area contributed by atoms with Crippen molar-refractivity contribution in [3.8, 4) is 5.75 Å². The number of imidazole rings is 1. The highest BCUT2D eigenvalue weighted by Crippen LogP contribution is 2.39. The molecule has 0 aliphatic carbocycles. The molecule has 13 nitrogen and oxygen atoms in total. The summed E-state index contributed by atoms with van der Waals surface area (Å²) in [7, 11) is -4.80. The number of ether oxygens (including phenoxy) is 1. The molecule has 3 heterocycles. The van der Waals surface area contributed by atoms with Gasteiger partial charge in [0.25, 0.3) is 0 Å². The molecule has 2 aromatic heterocycles. The third-order valence-electron chi connectivity index (χ3n) is 4.20. The molecule has 1 aliphatic rings. The van der Waals surface area contributed by atoms with Gasteiger partial charge in [0.1, 0.15) is 25.0 Å². The predicted molar refractivity (Wildman–Crippen MR) is 100 cm³/mol. The van der Waals surface area contributed by atoms with Crippen LogP contribution >= 0.6 is 7.82 Å². The van der Waals surface area contributed by atoms with Crippen LogP contribution in [-0.4, -0.2) is 57.3 Å². The molecule has 0 amide bonds. The molecular weight excluding hydrogens is 421 g/mol. The van der Waals surface area contributed by atoms with Gasteiger partial charge in [0.05, 0.1) is 0 Å². The zero-order chi connectivity index (χ0) is 21.5. The Bertz CT molecular complexity index is 1180. The summed E-state index contributed by atoms with van der Waals surface area (Å²) in [6, 6.07) is 6.36. The number of rotatable bonds is 6. The number of fused-ring (bicyclic) bond motifs is 1. The number of aromatic nitrogens is 4. The number of aliphatic hydroxyl groups excluding tert-OH is 2. The minimum absolute atomic E-state index is 0.0601. The van der Waals surface area contributed by atoms with E-state index in [2.05, 4.69) is 24.8 Å². The molecule has 0 saturated heterocycles. The molecule has 0 spiro atoms. The first-order chi connectivity index (χ1) is 14.2. The molecule has 4 rings (SSSR count). The lowest BCUT2D eigenvalue weighted by molar-refractivity contribution is -0.0119. The number of anilines is 2. The molecule has 0 radical (unpaired) electrons. The molecule has 14 heteroatoms. The second kappa shape index (κ2) is 7.55. The molecular formula is C16H16N5O8P. The van der Waals surface area contributed by atoms with Gasteiger partial charge >= 0.3 is 7.82 Å². The van der Waals surface area contributed by atoms with E-state index in [4.69, 9.17) is 14.5 Å². The Labute approximate surface area is 168 Å². The molecule has 1 unspecified atom stereocenters. The number of aliphatic hydroxyl groups is 2. The lowest BCUT2D eigenvalue weighted by Crippen LogP contribution is -2.22. The van der Waals surface area contributed by atoms with Crippen molar-refractivity contribution in [2.75, 3.05) is 11.9 Å². The van der Waals surface area contributed by atoms with Crippen molar-refractivity contribution in [2.24, 2.45) is 0 Å². The molecule has 30 heavy (non-hydrogen) atoms. The van der Waals surface area contributed by atoms with E-state index in [0.29, 0.717) is 17.0 Å². The van der Waals surface area contributed by atoms with Crippen LogP contribution in [0.5, 0.6) is 5.75 Å². The molecule has 158 valence electrons. The first kappa shape index (κ1) is 20.1. The number of phosphoric ester groups is 1. The first-order valence-electron chi connectivity index (χ1n) is 8.43. The van der Waals surface area contributed by atoms with Gasteiger partial charge in [0, 0.05) is 11.8 Å². The monoisotopic (exact) mass is 437 g/mol. The zero-order valence-corrected chi connectivity index (χ0v) is 15.9. The Balaban J connectivity index is 1.61. The highest BCUT2D eigenvalue weighted by molar-refractivity contribution is 7.46. The average molecular weight is 437 g/mol. The molecule has 3 aromatic rings. The van der Waals surface area contributed by atoms with E-state index in [9.17, 15) is 19.9 Å². The molecule has 0 saturated carbocycles. The summed E-state index contributed by atoms with van der Waals surface area (Å²) < 4.78 is 21.9. The summed E-state index contributed by atoms with van der Waals surface area (Å²) in [6.45, 7) is -0.740. The Kier molecular flexibility index (Phi) is 5.05. The summed E-state index contributed by atoms with van der Waals surface area (Å²) in [5.41, 5.74) is 1.12. The number of phenols is 1. The lowest BCUT2D eigenvalue weighted by Gasteiger charge is -2.17. The SMILES string of the molecule is O=P(O)(O)OCC1=C(O)C(O)[C@H](n2cnc3c(Nc4cccc(O)c4)ncnc32)O1. The normalized spacial score (nSPS) is 19.3. The molecule has 6 N–H and O–H groups in total. The number of nitrogens with one attached hydrogen (secondary N) is 1. The van der Waals surface area contributed by atoms with E-state index in [1.54, 1.807) is 12.1 Å². The summed E-state index contributed by atoms with van der Waals surface area (Å²) in [5, 5.41) is 32.9. The van der Waals surface area contributed by atoms with Crippen molar-refractivity contribution in [3.63, 3.8) is 0 Å². The van der Waals surface area contributed by atoms with Crippen molar-refractivity contribution in [1.82, 2.24) is 19.5 Å². The number of benzene rings is 1. The van der Waals surface area contributed by atoms with Gasteiger partial charge < -0.3 is 35.2 Å². The second-order valence-corrected chi connectivity index (χ2v) is 7.49. The van der Waals surface area contributed by atoms with E-state index in [1.165, 1.54) is 29.4 Å². The molecule has 0 bridgehead atoms. The smallest absolute Gasteiger partial charge is 0.470 e. The molecule has 1 aromatic carbocycles. The topological polar surface area (TPSA) is 192 Å². The standard InChI is InChI=1S/C16H16N5O8P/c22-9-3-1-2-8(4-9)20-14-11-15(18-6-17-14)21(7-19-11)16-13(24)12(23)10(29-16)5-28-30(25,26)27/h1-4,6-7,13,16,22-24H,5H2,(H,17,18,20)(H2,25,26,27)/t13?,16-/m1/s1. The number of phosphoric acid groups is 1. The Hall–Kier alpha value is -3.22. The summed E-state index contributed by atoms with van der Waals surface area (Å²) in [6.07, 6.45) is -0.192. The number of phenolic OH excluding ortho intramolecular Hbond substituents is 1. The van der Waals surface area contributed by atoms with Crippen molar-refractivity contribution in [3.05, 3.63) is 48.4 Å². The van der Waals surface area contributed by atoms with E-state index in [-0.39, 0.29) is 17.2 Å². The third-order valence-corrected chi connectivity index (χ3v) is 4.67. The van der Waals surface area contributed by atoms with Crippen LogP contribution in [0.3, 0.4) is 0 Å². The quantitative estimate of drug-likeness (QED) is 0.301. The van der Waals surface area contributed by atoms with Gasteiger partial charge in [-0.25, -0.2) is 19.5 Å². The summed E-state index contributed by atoms with van der Waals surface area (Å²) in [4.78, 5) is 30.1. The molecule has 2 atom stereocenters. The Morgan fingerprint density at radius 1 is 1.23 bits per heavy atom. The van der Waals surface area contributed by atoms with Crippen molar-refractivity contribution < 1.29 is 38.9 Å². The zero-order valence-electron chi connectivity index (χ0n) is 15.0.